The second kappa shape index (κ2) is 10.2. The van der Waals surface area contributed by atoms with Gasteiger partial charge in [0, 0.05) is 27.2 Å². The number of benzene rings is 2. The van der Waals surface area contributed by atoms with Crippen LogP contribution in [0.25, 0.3) is 0 Å². The Bertz CT molecular complexity index is 663. The van der Waals surface area contributed by atoms with Gasteiger partial charge in [-0.05, 0) is 35.7 Å². The van der Waals surface area contributed by atoms with Crippen molar-refractivity contribution in [1.82, 2.24) is 10.2 Å². The molecule has 0 aromatic heterocycles. The average molecular weight is 445 g/mol. The summed E-state index contributed by atoms with van der Waals surface area (Å²) >= 11 is 0. The summed E-state index contributed by atoms with van der Waals surface area (Å²) < 4.78 is 26.7. The maximum atomic E-state index is 13.6. The molecule has 0 heterocycles. The van der Waals surface area contributed by atoms with Gasteiger partial charge in [0.2, 0.25) is 0 Å². The summed E-state index contributed by atoms with van der Waals surface area (Å²) in [6.07, 6.45) is 0.391. The maximum Gasteiger partial charge on any atom is 0.193 e. The zero-order chi connectivity index (χ0) is 16.7. The number of nitrogens with zero attached hydrogens (tertiary/aromatic N) is 2. The summed E-state index contributed by atoms with van der Waals surface area (Å²) in [5, 5.41) is 3.17. The van der Waals surface area contributed by atoms with Crippen LogP contribution < -0.4 is 5.32 Å². The molecule has 0 saturated carbocycles. The van der Waals surface area contributed by atoms with E-state index in [1.807, 2.05) is 42.3 Å². The fourth-order valence-corrected chi connectivity index (χ4v) is 2.36. The number of hydrogen-bond donors (Lipinski definition) is 1. The molecule has 6 heteroatoms. The van der Waals surface area contributed by atoms with Crippen LogP contribution in [0.4, 0.5) is 8.78 Å². The van der Waals surface area contributed by atoms with Crippen molar-refractivity contribution < 1.29 is 8.78 Å². The summed E-state index contributed by atoms with van der Waals surface area (Å²) in [4.78, 5) is 6.20. The molecule has 0 radical (unpaired) electrons. The second-order valence-corrected chi connectivity index (χ2v) is 5.30. The minimum absolute atomic E-state index is 0. The first-order chi connectivity index (χ1) is 11.1. The van der Waals surface area contributed by atoms with E-state index in [1.54, 1.807) is 7.05 Å². The number of rotatable bonds is 5. The van der Waals surface area contributed by atoms with Crippen molar-refractivity contribution in [2.24, 2.45) is 4.99 Å². The van der Waals surface area contributed by atoms with Crippen molar-refractivity contribution in [3.63, 3.8) is 0 Å². The van der Waals surface area contributed by atoms with Gasteiger partial charge in [-0.25, -0.2) is 8.78 Å². The molecule has 0 unspecified atom stereocenters. The number of nitrogens with one attached hydrogen (secondary N) is 1. The van der Waals surface area contributed by atoms with Gasteiger partial charge in [-0.1, -0.05) is 30.3 Å². The summed E-state index contributed by atoms with van der Waals surface area (Å²) in [6.45, 7) is 1.20. The Kier molecular flexibility index (Phi) is 8.67. The van der Waals surface area contributed by atoms with E-state index in [1.165, 1.54) is 11.6 Å². The molecule has 24 heavy (non-hydrogen) atoms. The zero-order valence-corrected chi connectivity index (χ0v) is 16.1. The molecule has 0 aliphatic rings. The highest BCUT2D eigenvalue weighted by molar-refractivity contribution is 14.0. The van der Waals surface area contributed by atoms with Crippen molar-refractivity contribution in [2.75, 3.05) is 20.6 Å². The monoisotopic (exact) mass is 445 g/mol. The van der Waals surface area contributed by atoms with Gasteiger partial charge >= 0.3 is 0 Å². The van der Waals surface area contributed by atoms with Gasteiger partial charge in [-0.2, -0.15) is 0 Å². The zero-order valence-electron chi connectivity index (χ0n) is 13.8. The molecule has 0 aliphatic carbocycles. The van der Waals surface area contributed by atoms with Crippen molar-refractivity contribution in [3.05, 3.63) is 71.3 Å². The van der Waals surface area contributed by atoms with Crippen LogP contribution >= 0.6 is 24.0 Å². The van der Waals surface area contributed by atoms with E-state index in [-0.39, 0.29) is 29.8 Å². The van der Waals surface area contributed by atoms with Gasteiger partial charge in [-0.15, -0.1) is 24.0 Å². The number of aliphatic imine (C=N–C) groups is 1. The van der Waals surface area contributed by atoms with E-state index in [9.17, 15) is 8.78 Å². The van der Waals surface area contributed by atoms with Gasteiger partial charge in [0.05, 0.1) is 0 Å². The molecule has 2 rings (SSSR count). The molecule has 0 atom stereocenters. The van der Waals surface area contributed by atoms with E-state index in [0.717, 1.165) is 18.7 Å². The van der Waals surface area contributed by atoms with E-state index in [0.29, 0.717) is 24.5 Å². The molecule has 0 spiro atoms. The molecular formula is C18H22F2IN3. The molecule has 1 N–H and O–H groups in total. The van der Waals surface area contributed by atoms with Crippen LogP contribution in [-0.4, -0.2) is 31.5 Å². The average Bonchev–Trinajstić information content (AvgIpc) is 2.55. The van der Waals surface area contributed by atoms with E-state index < -0.39 is 5.82 Å². The Morgan fingerprint density at radius 3 is 2.50 bits per heavy atom. The summed E-state index contributed by atoms with van der Waals surface area (Å²) in [6, 6.07) is 13.6. The summed E-state index contributed by atoms with van der Waals surface area (Å²) in [5.74, 6) is -0.0986. The highest BCUT2D eigenvalue weighted by Gasteiger charge is 2.08. The summed E-state index contributed by atoms with van der Waals surface area (Å²) in [7, 11) is 3.64. The van der Waals surface area contributed by atoms with Crippen LogP contribution in [-0.2, 0) is 13.0 Å². The predicted molar refractivity (Wildman–Crippen MR) is 105 cm³/mol. The Morgan fingerprint density at radius 1 is 1.12 bits per heavy atom. The van der Waals surface area contributed by atoms with Gasteiger partial charge in [0.1, 0.15) is 11.6 Å². The van der Waals surface area contributed by atoms with Crippen molar-refractivity contribution in [3.8, 4) is 0 Å². The maximum absolute atomic E-state index is 13.6. The lowest BCUT2D eigenvalue weighted by molar-refractivity contribution is 0.476. The fraction of sp³-hybridized carbons (Fsp3) is 0.278. The quantitative estimate of drug-likeness (QED) is 0.431. The first kappa shape index (κ1) is 20.3. The third-order valence-corrected chi connectivity index (χ3v) is 3.52. The number of guanidine groups is 1. The molecule has 0 aliphatic heterocycles. The normalized spacial score (nSPS) is 10.9. The lowest BCUT2D eigenvalue weighted by Gasteiger charge is -2.22. The Morgan fingerprint density at radius 2 is 1.83 bits per heavy atom. The molecule has 2 aromatic carbocycles. The second-order valence-electron chi connectivity index (χ2n) is 5.30. The molecule has 0 saturated heterocycles. The Balaban J connectivity index is 0.00000288. The molecular weight excluding hydrogens is 423 g/mol. The lowest BCUT2D eigenvalue weighted by atomic mass is 10.1. The smallest absolute Gasteiger partial charge is 0.193 e. The van der Waals surface area contributed by atoms with Crippen LogP contribution in [0, 0.1) is 11.6 Å². The fourth-order valence-electron chi connectivity index (χ4n) is 2.36. The van der Waals surface area contributed by atoms with Gasteiger partial charge in [-0.3, -0.25) is 4.99 Å². The SMILES string of the molecule is CN=C(NCCc1cc(F)ccc1F)N(C)Cc1ccccc1.I. The minimum atomic E-state index is -0.424. The van der Waals surface area contributed by atoms with Crippen LogP contribution in [0.15, 0.2) is 53.5 Å². The van der Waals surface area contributed by atoms with Crippen molar-refractivity contribution in [2.45, 2.75) is 13.0 Å². The lowest BCUT2D eigenvalue weighted by Crippen LogP contribution is -2.39. The Hall–Kier alpha value is -1.70. The van der Waals surface area contributed by atoms with Gasteiger partial charge < -0.3 is 10.2 Å². The van der Waals surface area contributed by atoms with Gasteiger partial charge in [0.25, 0.3) is 0 Å². The first-order valence-electron chi connectivity index (χ1n) is 7.50. The van der Waals surface area contributed by atoms with Crippen LogP contribution in [0.3, 0.4) is 0 Å². The minimum Gasteiger partial charge on any atom is -0.356 e. The van der Waals surface area contributed by atoms with Gasteiger partial charge in [0.15, 0.2) is 5.96 Å². The predicted octanol–water partition coefficient (Wildman–Crippen LogP) is 3.83. The third kappa shape index (κ3) is 6.07. The van der Waals surface area contributed by atoms with E-state index >= 15 is 0 Å². The molecule has 0 amide bonds. The molecule has 0 fully saturated rings. The van der Waals surface area contributed by atoms with Crippen LogP contribution in [0.1, 0.15) is 11.1 Å². The number of hydrogen-bond acceptors (Lipinski definition) is 1. The molecule has 2 aromatic rings. The highest BCUT2D eigenvalue weighted by atomic mass is 127. The van der Waals surface area contributed by atoms with E-state index in [4.69, 9.17) is 0 Å². The van der Waals surface area contributed by atoms with Crippen LogP contribution in [0.2, 0.25) is 0 Å². The number of halogens is 3. The Labute approximate surface area is 158 Å². The third-order valence-electron chi connectivity index (χ3n) is 3.52. The van der Waals surface area contributed by atoms with E-state index in [2.05, 4.69) is 10.3 Å². The molecule has 130 valence electrons. The topological polar surface area (TPSA) is 27.6 Å². The standard InChI is InChI=1S/C18H21F2N3.HI/c1-21-18(23(2)13-14-6-4-3-5-7-14)22-11-10-15-12-16(19)8-9-17(15)20;/h3-9,12H,10-11,13H2,1-2H3,(H,21,22);1H. The largest absolute Gasteiger partial charge is 0.356 e. The molecule has 0 bridgehead atoms. The molecule has 3 nitrogen and oxygen atoms in total. The first-order valence-corrected chi connectivity index (χ1v) is 7.50. The van der Waals surface area contributed by atoms with Crippen molar-refractivity contribution >= 4 is 29.9 Å². The van der Waals surface area contributed by atoms with Crippen LogP contribution in [0.5, 0.6) is 0 Å². The highest BCUT2D eigenvalue weighted by Crippen LogP contribution is 2.10. The van der Waals surface area contributed by atoms with Crippen molar-refractivity contribution in [1.29, 1.82) is 0 Å². The summed E-state index contributed by atoms with van der Waals surface area (Å²) in [5.41, 5.74) is 1.53.